The molecule has 3 rings (SSSR count). The molecule has 0 spiro atoms. The van der Waals surface area contributed by atoms with Crippen LogP contribution in [0.15, 0.2) is 24.3 Å². The molecule has 21 heavy (non-hydrogen) atoms. The molecule has 0 radical (unpaired) electrons. The number of fused-ring (bicyclic) bond motifs is 1. The summed E-state index contributed by atoms with van der Waals surface area (Å²) in [5.41, 5.74) is 9.72. The predicted octanol–water partition coefficient (Wildman–Crippen LogP) is 3.40. The Balaban J connectivity index is 2.14. The molecule has 1 aromatic heterocycles. The van der Waals surface area contributed by atoms with Crippen LogP contribution in [0.4, 0.5) is 17.3 Å². The Kier molecular flexibility index (Phi) is 3.78. The lowest BCUT2D eigenvalue weighted by Gasteiger charge is -2.26. The van der Waals surface area contributed by atoms with Crippen LogP contribution in [0.2, 0.25) is 0 Å². The van der Waals surface area contributed by atoms with E-state index in [1.165, 1.54) is 24.1 Å². The third-order valence-electron chi connectivity index (χ3n) is 4.14. The number of benzene rings is 1. The SMILES string of the molecule is CCc1nc(N)c(C)c(N2CCCCc3ccccc32)n1. The van der Waals surface area contributed by atoms with Crippen molar-refractivity contribution in [2.24, 2.45) is 0 Å². The molecule has 0 atom stereocenters. The van der Waals surface area contributed by atoms with Crippen molar-refractivity contribution in [3.05, 3.63) is 41.2 Å². The van der Waals surface area contributed by atoms with Gasteiger partial charge in [0.2, 0.25) is 0 Å². The molecule has 1 aliphatic heterocycles. The number of anilines is 3. The number of nitrogen functional groups attached to an aromatic ring is 1. The van der Waals surface area contributed by atoms with Gasteiger partial charge in [-0.05, 0) is 37.8 Å². The van der Waals surface area contributed by atoms with Gasteiger partial charge in [0.05, 0.1) is 0 Å². The molecular formula is C17H22N4. The van der Waals surface area contributed by atoms with Crippen molar-refractivity contribution >= 4 is 17.3 Å². The summed E-state index contributed by atoms with van der Waals surface area (Å²) in [6.45, 7) is 5.05. The van der Waals surface area contributed by atoms with E-state index >= 15 is 0 Å². The van der Waals surface area contributed by atoms with Crippen molar-refractivity contribution in [2.75, 3.05) is 17.2 Å². The number of hydrogen-bond acceptors (Lipinski definition) is 4. The zero-order valence-electron chi connectivity index (χ0n) is 12.8. The molecule has 1 aliphatic rings. The van der Waals surface area contributed by atoms with Gasteiger partial charge < -0.3 is 10.6 Å². The van der Waals surface area contributed by atoms with Gasteiger partial charge >= 0.3 is 0 Å². The summed E-state index contributed by atoms with van der Waals surface area (Å²) in [6.07, 6.45) is 4.31. The van der Waals surface area contributed by atoms with Gasteiger partial charge in [-0.2, -0.15) is 0 Å². The minimum atomic E-state index is 0.596. The Bertz CT molecular complexity index is 651. The van der Waals surface area contributed by atoms with Gasteiger partial charge in [-0.25, -0.2) is 9.97 Å². The van der Waals surface area contributed by atoms with Crippen molar-refractivity contribution in [3.63, 3.8) is 0 Å². The van der Waals surface area contributed by atoms with Crippen LogP contribution in [0.5, 0.6) is 0 Å². The molecule has 0 amide bonds. The van der Waals surface area contributed by atoms with E-state index < -0.39 is 0 Å². The van der Waals surface area contributed by atoms with Crippen molar-refractivity contribution in [2.45, 2.75) is 39.5 Å². The van der Waals surface area contributed by atoms with Gasteiger partial charge in [0.1, 0.15) is 17.5 Å². The fraction of sp³-hybridized carbons (Fsp3) is 0.412. The summed E-state index contributed by atoms with van der Waals surface area (Å²) in [5, 5.41) is 0. The first-order valence-corrected chi connectivity index (χ1v) is 7.69. The molecular weight excluding hydrogens is 260 g/mol. The van der Waals surface area contributed by atoms with E-state index in [2.05, 4.69) is 41.1 Å². The molecule has 0 aliphatic carbocycles. The summed E-state index contributed by atoms with van der Waals surface area (Å²) >= 11 is 0. The van der Waals surface area contributed by atoms with Gasteiger partial charge in [0.25, 0.3) is 0 Å². The topological polar surface area (TPSA) is 55.0 Å². The highest BCUT2D eigenvalue weighted by Crippen LogP contribution is 2.34. The van der Waals surface area contributed by atoms with Gasteiger partial charge in [-0.15, -0.1) is 0 Å². The lowest BCUT2D eigenvalue weighted by molar-refractivity contribution is 0.754. The summed E-state index contributed by atoms with van der Waals surface area (Å²) in [4.78, 5) is 11.4. The normalized spacial score (nSPS) is 14.7. The summed E-state index contributed by atoms with van der Waals surface area (Å²) < 4.78 is 0. The zero-order chi connectivity index (χ0) is 14.8. The molecule has 0 bridgehead atoms. The highest BCUT2D eigenvalue weighted by molar-refractivity contribution is 5.69. The van der Waals surface area contributed by atoms with E-state index in [0.29, 0.717) is 5.82 Å². The third kappa shape index (κ3) is 2.58. The van der Waals surface area contributed by atoms with Gasteiger partial charge in [0.15, 0.2) is 0 Å². The largest absolute Gasteiger partial charge is 0.383 e. The van der Waals surface area contributed by atoms with Crippen molar-refractivity contribution in [1.82, 2.24) is 9.97 Å². The minimum Gasteiger partial charge on any atom is -0.383 e. The number of aryl methyl sites for hydroxylation is 2. The number of hydrogen-bond donors (Lipinski definition) is 1. The second-order valence-electron chi connectivity index (χ2n) is 5.56. The first kappa shape index (κ1) is 13.9. The monoisotopic (exact) mass is 282 g/mol. The van der Waals surface area contributed by atoms with Crippen molar-refractivity contribution < 1.29 is 0 Å². The number of para-hydroxylation sites is 1. The third-order valence-corrected chi connectivity index (χ3v) is 4.14. The molecule has 1 aromatic carbocycles. The summed E-state index contributed by atoms with van der Waals surface area (Å²) in [5.74, 6) is 2.38. The molecule has 2 heterocycles. The molecule has 2 aromatic rings. The molecule has 0 fully saturated rings. The highest BCUT2D eigenvalue weighted by atomic mass is 15.2. The lowest BCUT2D eigenvalue weighted by Crippen LogP contribution is -2.22. The van der Waals surface area contributed by atoms with Crippen LogP contribution in [-0.2, 0) is 12.8 Å². The highest BCUT2D eigenvalue weighted by Gasteiger charge is 2.20. The first-order valence-electron chi connectivity index (χ1n) is 7.69. The van der Waals surface area contributed by atoms with Crippen molar-refractivity contribution in [1.29, 1.82) is 0 Å². The number of nitrogens with two attached hydrogens (primary N) is 1. The Labute approximate surface area is 126 Å². The van der Waals surface area contributed by atoms with E-state index in [4.69, 9.17) is 10.7 Å². The second kappa shape index (κ2) is 5.72. The number of rotatable bonds is 2. The Morgan fingerprint density at radius 3 is 2.81 bits per heavy atom. The van der Waals surface area contributed by atoms with Crippen LogP contribution in [0.3, 0.4) is 0 Å². The van der Waals surface area contributed by atoms with E-state index in [9.17, 15) is 0 Å². The van der Waals surface area contributed by atoms with Crippen LogP contribution >= 0.6 is 0 Å². The Morgan fingerprint density at radius 2 is 2.00 bits per heavy atom. The molecule has 4 heteroatoms. The fourth-order valence-corrected chi connectivity index (χ4v) is 2.90. The van der Waals surface area contributed by atoms with Gasteiger partial charge in [-0.3, -0.25) is 0 Å². The Morgan fingerprint density at radius 1 is 1.19 bits per heavy atom. The maximum atomic E-state index is 6.08. The van der Waals surface area contributed by atoms with E-state index in [1.807, 2.05) is 6.92 Å². The molecule has 0 saturated heterocycles. The average molecular weight is 282 g/mol. The maximum Gasteiger partial charge on any atom is 0.141 e. The van der Waals surface area contributed by atoms with Crippen LogP contribution in [-0.4, -0.2) is 16.5 Å². The summed E-state index contributed by atoms with van der Waals surface area (Å²) in [6, 6.07) is 8.61. The molecule has 4 nitrogen and oxygen atoms in total. The van der Waals surface area contributed by atoms with E-state index in [0.717, 1.165) is 36.6 Å². The fourth-order valence-electron chi connectivity index (χ4n) is 2.90. The summed E-state index contributed by atoms with van der Waals surface area (Å²) in [7, 11) is 0. The van der Waals surface area contributed by atoms with Crippen LogP contribution in [0.25, 0.3) is 0 Å². The standard InChI is InChI=1S/C17H22N4/c1-3-15-19-16(18)12(2)17(20-15)21-11-7-6-9-13-8-4-5-10-14(13)21/h4-5,8,10H,3,6-7,9,11H2,1-2H3,(H2,18,19,20). The number of nitrogens with zero attached hydrogens (tertiary/aromatic N) is 3. The maximum absolute atomic E-state index is 6.08. The van der Waals surface area contributed by atoms with Crippen molar-refractivity contribution in [3.8, 4) is 0 Å². The molecule has 0 unspecified atom stereocenters. The quantitative estimate of drug-likeness (QED) is 0.917. The molecule has 0 saturated carbocycles. The number of aromatic nitrogens is 2. The first-order chi connectivity index (χ1) is 10.2. The van der Waals surface area contributed by atoms with Crippen LogP contribution in [0, 0.1) is 6.92 Å². The smallest absolute Gasteiger partial charge is 0.141 e. The molecule has 110 valence electrons. The second-order valence-corrected chi connectivity index (χ2v) is 5.56. The van der Waals surface area contributed by atoms with E-state index in [1.54, 1.807) is 0 Å². The average Bonchev–Trinajstić information content (AvgIpc) is 2.72. The molecule has 2 N–H and O–H groups in total. The predicted molar refractivity (Wildman–Crippen MR) is 86.9 cm³/mol. The van der Waals surface area contributed by atoms with Gasteiger partial charge in [-0.1, -0.05) is 25.1 Å². The van der Waals surface area contributed by atoms with Crippen LogP contribution < -0.4 is 10.6 Å². The van der Waals surface area contributed by atoms with Crippen LogP contribution in [0.1, 0.15) is 36.7 Å². The minimum absolute atomic E-state index is 0.596. The zero-order valence-corrected chi connectivity index (χ0v) is 12.8. The van der Waals surface area contributed by atoms with Gasteiger partial charge in [0, 0.05) is 24.2 Å². The lowest BCUT2D eigenvalue weighted by atomic mass is 10.1. The van der Waals surface area contributed by atoms with E-state index in [-0.39, 0.29) is 0 Å². The Hall–Kier alpha value is -2.10.